The van der Waals surface area contributed by atoms with Crippen LogP contribution in [0.25, 0.3) is 0 Å². The van der Waals surface area contributed by atoms with Gasteiger partial charge in [-0.2, -0.15) is 0 Å². The van der Waals surface area contributed by atoms with Crippen molar-refractivity contribution < 1.29 is 9.13 Å². The van der Waals surface area contributed by atoms with Gasteiger partial charge in [0.05, 0.1) is 18.2 Å². The fraction of sp³-hybridized carbons (Fsp3) is 0.250. The minimum Gasteiger partial charge on any atom is -0.497 e. The first kappa shape index (κ1) is 14.7. The Hall–Kier alpha value is -1.74. The lowest BCUT2D eigenvalue weighted by Crippen LogP contribution is -2.09. The molecule has 0 saturated carbocycles. The predicted molar refractivity (Wildman–Crippen MR) is 81.1 cm³/mol. The number of hydrogen-bond acceptors (Lipinski definition) is 2. The molecular formula is C16H17ClFNO. The molecular weight excluding hydrogens is 277 g/mol. The summed E-state index contributed by atoms with van der Waals surface area (Å²) in [7, 11) is 1.64. The number of rotatable bonds is 5. The van der Waals surface area contributed by atoms with Crippen LogP contribution in [0.4, 0.5) is 10.1 Å². The van der Waals surface area contributed by atoms with E-state index in [1.54, 1.807) is 19.2 Å². The summed E-state index contributed by atoms with van der Waals surface area (Å²) >= 11 is 5.79. The maximum atomic E-state index is 13.2. The van der Waals surface area contributed by atoms with E-state index < -0.39 is 5.82 Å². The molecule has 0 radical (unpaired) electrons. The molecule has 2 aromatic carbocycles. The molecule has 0 aromatic heterocycles. The monoisotopic (exact) mass is 293 g/mol. The average Bonchev–Trinajstić information content (AvgIpc) is 2.48. The minimum absolute atomic E-state index is 0.125. The van der Waals surface area contributed by atoms with Crippen molar-refractivity contribution in [2.24, 2.45) is 0 Å². The second-order valence-corrected chi connectivity index (χ2v) is 4.91. The Balaban J connectivity index is 2.16. The Kier molecular flexibility index (Phi) is 4.85. The van der Waals surface area contributed by atoms with Gasteiger partial charge >= 0.3 is 0 Å². The van der Waals surface area contributed by atoms with Gasteiger partial charge in [-0.3, -0.25) is 0 Å². The van der Waals surface area contributed by atoms with Gasteiger partial charge in [-0.25, -0.2) is 4.39 Å². The van der Waals surface area contributed by atoms with Crippen molar-refractivity contribution in [1.82, 2.24) is 0 Å². The van der Waals surface area contributed by atoms with Gasteiger partial charge in [0.2, 0.25) is 0 Å². The second kappa shape index (κ2) is 6.62. The molecule has 1 N–H and O–H groups in total. The van der Waals surface area contributed by atoms with Crippen molar-refractivity contribution >= 4 is 17.3 Å². The molecule has 0 aliphatic heterocycles. The smallest absolute Gasteiger partial charge is 0.141 e. The average molecular weight is 294 g/mol. The van der Waals surface area contributed by atoms with Crippen LogP contribution in [0.1, 0.15) is 24.9 Å². The van der Waals surface area contributed by atoms with Gasteiger partial charge in [-0.1, -0.05) is 30.7 Å². The van der Waals surface area contributed by atoms with Gasteiger partial charge in [0.25, 0.3) is 0 Å². The first-order valence-electron chi connectivity index (χ1n) is 6.49. The molecule has 0 heterocycles. The Bertz CT molecular complexity index is 571. The first-order valence-corrected chi connectivity index (χ1v) is 6.87. The molecule has 4 heteroatoms. The van der Waals surface area contributed by atoms with Crippen LogP contribution in [-0.2, 0) is 0 Å². The lowest BCUT2D eigenvalue weighted by atomic mass is 10.0. The van der Waals surface area contributed by atoms with Gasteiger partial charge in [0.15, 0.2) is 0 Å². The summed E-state index contributed by atoms with van der Waals surface area (Å²) < 4.78 is 18.3. The zero-order valence-electron chi connectivity index (χ0n) is 11.5. The summed E-state index contributed by atoms with van der Waals surface area (Å²) in [5.41, 5.74) is 1.95. The fourth-order valence-corrected chi connectivity index (χ4v) is 2.22. The predicted octanol–water partition coefficient (Wildman–Crippen LogP) is 5.05. The molecule has 0 aliphatic rings. The number of halogens is 2. The third-order valence-electron chi connectivity index (χ3n) is 3.19. The highest BCUT2D eigenvalue weighted by Crippen LogP contribution is 2.26. The van der Waals surface area contributed by atoms with E-state index in [1.807, 2.05) is 24.3 Å². The van der Waals surface area contributed by atoms with Crippen LogP contribution in [0.3, 0.4) is 0 Å². The summed E-state index contributed by atoms with van der Waals surface area (Å²) in [6.07, 6.45) is 0.904. The van der Waals surface area contributed by atoms with Crippen molar-refractivity contribution in [3.05, 3.63) is 58.9 Å². The fourth-order valence-electron chi connectivity index (χ4n) is 2.04. The largest absolute Gasteiger partial charge is 0.497 e. The van der Waals surface area contributed by atoms with E-state index in [2.05, 4.69) is 12.2 Å². The van der Waals surface area contributed by atoms with E-state index in [0.717, 1.165) is 23.4 Å². The summed E-state index contributed by atoms with van der Waals surface area (Å²) in [5, 5.41) is 3.48. The summed E-state index contributed by atoms with van der Waals surface area (Å²) in [4.78, 5) is 0. The highest BCUT2D eigenvalue weighted by molar-refractivity contribution is 6.31. The molecule has 1 unspecified atom stereocenters. The maximum absolute atomic E-state index is 13.2. The van der Waals surface area contributed by atoms with Crippen LogP contribution in [0.15, 0.2) is 42.5 Å². The lowest BCUT2D eigenvalue weighted by Gasteiger charge is -2.19. The zero-order chi connectivity index (χ0) is 14.5. The molecule has 0 fully saturated rings. The standard InChI is InChI=1S/C16H17ClFNO/c1-3-16(11-4-7-13(20-2)8-5-11)19-12-6-9-15(18)14(17)10-12/h4-10,16,19H,3H2,1-2H3. The van der Waals surface area contributed by atoms with Crippen molar-refractivity contribution in [3.8, 4) is 5.75 Å². The van der Waals surface area contributed by atoms with Crippen molar-refractivity contribution in [2.75, 3.05) is 12.4 Å². The second-order valence-electron chi connectivity index (χ2n) is 4.51. The highest BCUT2D eigenvalue weighted by Gasteiger charge is 2.10. The van der Waals surface area contributed by atoms with Gasteiger partial charge in [-0.15, -0.1) is 0 Å². The van der Waals surface area contributed by atoms with E-state index >= 15 is 0 Å². The van der Waals surface area contributed by atoms with Crippen LogP contribution in [0.5, 0.6) is 5.75 Å². The van der Waals surface area contributed by atoms with E-state index in [4.69, 9.17) is 16.3 Å². The molecule has 20 heavy (non-hydrogen) atoms. The molecule has 0 saturated heterocycles. The Morgan fingerprint density at radius 3 is 2.45 bits per heavy atom. The van der Waals surface area contributed by atoms with Gasteiger partial charge in [-0.05, 0) is 42.3 Å². The van der Waals surface area contributed by atoms with Crippen LogP contribution in [0, 0.1) is 5.82 Å². The number of ether oxygens (including phenoxy) is 1. The van der Waals surface area contributed by atoms with Crippen molar-refractivity contribution in [2.45, 2.75) is 19.4 Å². The zero-order valence-corrected chi connectivity index (χ0v) is 12.2. The number of nitrogens with one attached hydrogen (secondary N) is 1. The normalized spacial score (nSPS) is 12.0. The molecule has 2 rings (SSSR count). The Morgan fingerprint density at radius 2 is 1.90 bits per heavy atom. The maximum Gasteiger partial charge on any atom is 0.141 e. The molecule has 106 valence electrons. The highest BCUT2D eigenvalue weighted by atomic mass is 35.5. The molecule has 0 amide bonds. The Morgan fingerprint density at radius 1 is 1.20 bits per heavy atom. The van der Waals surface area contributed by atoms with E-state index in [-0.39, 0.29) is 11.1 Å². The topological polar surface area (TPSA) is 21.3 Å². The molecule has 2 nitrogen and oxygen atoms in total. The first-order chi connectivity index (χ1) is 9.63. The third-order valence-corrected chi connectivity index (χ3v) is 3.48. The molecule has 0 spiro atoms. The van der Waals surface area contributed by atoms with E-state index in [0.29, 0.717) is 0 Å². The third kappa shape index (κ3) is 3.42. The van der Waals surface area contributed by atoms with Crippen LogP contribution < -0.4 is 10.1 Å². The SMILES string of the molecule is CCC(Nc1ccc(F)c(Cl)c1)c1ccc(OC)cc1. The van der Waals surface area contributed by atoms with Gasteiger partial charge in [0, 0.05) is 5.69 Å². The summed E-state index contributed by atoms with van der Waals surface area (Å²) in [6.45, 7) is 2.09. The Labute approximate surface area is 123 Å². The van der Waals surface area contributed by atoms with E-state index in [9.17, 15) is 4.39 Å². The van der Waals surface area contributed by atoms with Gasteiger partial charge in [0.1, 0.15) is 11.6 Å². The van der Waals surface area contributed by atoms with E-state index in [1.165, 1.54) is 6.07 Å². The van der Waals surface area contributed by atoms with Crippen LogP contribution in [-0.4, -0.2) is 7.11 Å². The lowest BCUT2D eigenvalue weighted by molar-refractivity contribution is 0.414. The molecule has 2 aromatic rings. The number of hydrogen-bond donors (Lipinski definition) is 1. The number of benzene rings is 2. The summed E-state index contributed by atoms with van der Waals surface area (Å²) in [5.74, 6) is 0.420. The van der Waals surface area contributed by atoms with Crippen molar-refractivity contribution in [1.29, 1.82) is 0 Å². The number of anilines is 1. The van der Waals surface area contributed by atoms with Gasteiger partial charge < -0.3 is 10.1 Å². The molecule has 0 bridgehead atoms. The van der Waals surface area contributed by atoms with Crippen LogP contribution >= 0.6 is 11.6 Å². The quantitative estimate of drug-likeness (QED) is 0.833. The number of methoxy groups -OCH3 is 1. The molecule has 1 atom stereocenters. The molecule has 0 aliphatic carbocycles. The van der Waals surface area contributed by atoms with Crippen molar-refractivity contribution in [3.63, 3.8) is 0 Å². The minimum atomic E-state index is -0.408. The van der Waals surface area contributed by atoms with Crippen LogP contribution in [0.2, 0.25) is 5.02 Å². The summed E-state index contributed by atoms with van der Waals surface area (Å²) in [6, 6.07) is 12.7.